The maximum absolute atomic E-state index is 15.1. The van der Waals surface area contributed by atoms with Crippen molar-refractivity contribution in [3.8, 4) is 0 Å². The fourth-order valence-corrected chi connectivity index (χ4v) is 7.35. The van der Waals surface area contributed by atoms with Gasteiger partial charge in [0.25, 0.3) is 0 Å². The van der Waals surface area contributed by atoms with Crippen molar-refractivity contribution < 1.29 is 9.36 Å². The first-order valence-corrected chi connectivity index (χ1v) is 12.8. The van der Waals surface area contributed by atoms with E-state index in [2.05, 4.69) is 0 Å². The monoisotopic (exact) mass is 478 g/mol. The molecule has 2 nitrogen and oxygen atoms in total. The van der Waals surface area contributed by atoms with Crippen molar-refractivity contribution in [3.63, 3.8) is 0 Å². The molecular weight excluding hydrogens is 458 g/mol. The van der Waals surface area contributed by atoms with Gasteiger partial charge in [0, 0.05) is 32.6 Å². The Hall–Kier alpha value is -2.64. The van der Waals surface area contributed by atoms with Crippen LogP contribution in [0.4, 0.5) is 0 Å². The second-order valence-corrected chi connectivity index (χ2v) is 11.4. The SMILES string of the molecule is O=C(C[C@@H](c1ccccc1)P(=O)(c1ccc(Cl)cc1)c1ccc(Cl)cc1)c1ccccc1. The molecule has 0 aliphatic rings. The standard InChI is InChI=1S/C27H21Cl2O2P/c28-22-11-15-24(16-12-22)32(31,25-17-13-23(29)14-18-25)27(21-9-5-2-6-10-21)19-26(30)20-7-3-1-4-8-20/h1-18,27H,19H2/t27-/m0/s1. The maximum Gasteiger partial charge on any atom is 0.163 e. The Morgan fingerprint density at radius 2 is 1.09 bits per heavy atom. The molecule has 0 unspecified atom stereocenters. The smallest absolute Gasteiger partial charge is 0.163 e. The van der Waals surface area contributed by atoms with Crippen LogP contribution in [0.15, 0.2) is 109 Å². The molecule has 0 heterocycles. The zero-order chi connectivity index (χ0) is 22.6. The Morgan fingerprint density at radius 3 is 1.56 bits per heavy atom. The minimum absolute atomic E-state index is 0.0531. The third-order valence-electron chi connectivity index (χ3n) is 5.52. The van der Waals surface area contributed by atoms with E-state index in [0.29, 0.717) is 26.2 Å². The molecule has 0 aliphatic heterocycles. The van der Waals surface area contributed by atoms with Crippen LogP contribution in [0.5, 0.6) is 0 Å². The minimum atomic E-state index is -3.31. The van der Waals surface area contributed by atoms with E-state index in [9.17, 15) is 4.79 Å². The Labute approximate surface area is 198 Å². The summed E-state index contributed by atoms with van der Waals surface area (Å²) in [4.78, 5) is 13.3. The van der Waals surface area contributed by atoms with Crippen LogP contribution in [0, 0.1) is 0 Å². The topological polar surface area (TPSA) is 34.1 Å². The third-order valence-corrected chi connectivity index (χ3v) is 9.51. The van der Waals surface area contributed by atoms with E-state index < -0.39 is 12.8 Å². The number of carbonyl (C=O) groups excluding carboxylic acids is 1. The van der Waals surface area contributed by atoms with E-state index in [1.807, 2.05) is 48.5 Å². The molecule has 0 saturated carbocycles. The summed E-state index contributed by atoms with van der Waals surface area (Å²) in [6.45, 7) is 0. The van der Waals surface area contributed by atoms with Crippen LogP contribution in [0.1, 0.15) is 28.0 Å². The van der Waals surface area contributed by atoms with Crippen LogP contribution in [0.25, 0.3) is 0 Å². The van der Waals surface area contributed by atoms with Gasteiger partial charge in [0.05, 0.1) is 5.66 Å². The first-order valence-electron chi connectivity index (χ1n) is 10.2. The predicted octanol–water partition coefficient (Wildman–Crippen LogP) is 7.32. The van der Waals surface area contributed by atoms with E-state index in [-0.39, 0.29) is 12.2 Å². The summed E-state index contributed by atoms with van der Waals surface area (Å²) in [6.07, 6.45) is 0.108. The molecule has 0 aromatic heterocycles. The van der Waals surface area contributed by atoms with E-state index in [4.69, 9.17) is 23.2 Å². The fraction of sp³-hybridized carbons (Fsp3) is 0.0741. The first kappa shape index (κ1) is 22.6. The molecule has 0 fully saturated rings. The number of hydrogen-bond donors (Lipinski definition) is 0. The number of rotatable bonds is 7. The molecule has 4 rings (SSSR count). The summed E-state index contributed by atoms with van der Waals surface area (Å²) >= 11 is 12.3. The number of halogens is 2. The lowest BCUT2D eigenvalue weighted by Crippen LogP contribution is -2.23. The average Bonchev–Trinajstić information content (AvgIpc) is 2.84. The molecular formula is C27H21Cl2O2P. The van der Waals surface area contributed by atoms with Gasteiger partial charge in [0.15, 0.2) is 12.9 Å². The summed E-state index contributed by atoms with van der Waals surface area (Å²) in [5.74, 6) is -0.0531. The van der Waals surface area contributed by atoms with Crippen LogP contribution in [0.3, 0.4) is 0 Å². The second kappa shape index (κ2) is 9.88. The molecule has 4 aromatic carbocycles. The van der Waals surface area contributed by atoms with Gasteiger partial charge in [-0.3, -0.25) is 4.79 Å². The molecule has 0 amide bonds. The Bertz CT molecular complexity index is 1190. The van der Waals surface area contributed by atoms with Crippen LogP contribution in [-0.2, 0) is 4.57 Å². The summed E-state index contributed by atoms with van der Waals surface area (Å²) in [5, 5.41) is 2.43. The van der Waals surface area contributed by atoms with E-state index >= 15 is 4.57 Å². The van der Waals surface area contributed by atoms with Crippen molar-refractivity contribution in [1.82, 2.24) is 0 Å². The van der Waals surface area contributed by atoms with Crippen molar-refractivity contribution >= 4 is 46.7 Å². The number of Topliss-reactive ketones (excluding diaryl/α,β-unsaturated/α-hetero) is 1. The average molecular weight is 479 g/mol. The fourth-order valence-electron chi connectivity index (χ4n) is 3.88. The Morgan fingerprint density at radius 1 is 0.656 bits per heavy atom. The number of ketones is 1. The third kappa shape index (κ3) is 4.74. The van der Waals surface area contributed by atoms with Gasteiger partial charge in [-0.05, 0) is 54.1 Å². The summed E-state index contributed by atoms with van der Waals surface area (Å²) in [5.41, 5.74) is 0.913. The first-order chi connectivity index (χ1) is 15.5. The van der Waals surface area contributed by atoms with Gasteiger partial charge in [-0.25, -0.2) is 0 Å². The quantitative estimate of drug-likeness (QED) is 0.206. The zero-order valence-electron chi connectivity index (χ0n) is 17.2. The van der Waals surface area contributed by atoms with Crippen molar-refractivity contribution in [2.75, 3.05) is 0 Å². The number of hydrogen-bond acceptors (Lipinski definition) is 2. The molecule has 0 saturated heterocycles. The highest BCUT2D eigenvalue weighted by Crippen LogP contribution is 2.59. The lowest BCUT2D eigenvalue weighted by atomic mass is 10.0. The zero-order valence-corrected chi connectivity index (χ0v) is 19.6. The highest BCUT2D eigenvalue weighted by molar-refractivity contribution is 7.79. The van der Waals surface area contributed by atoms with Gasteiger partial charge in [-0.15, -0.1) is 0 Å². The van der Waals surface area contributed by atoms with Gasteiger partial charge in [-0.2, -0.15) is 0 Å². The predicted molar refractivity (Wildman–Crippen MR) is 134 cm³/mol. The van der Waals surface area contributed by atoms with Gasteiger partial charge in [-0.1, -0.05) is 83.9 Å². The van der Waals surface area contributed by atoms with E-state index in [0.717, 1.165) is 5.56 Å². The van der Waals surface area contributed by atoms with Crippen LogP contribution < -0.4 is 10.6 Å². The molecule has 32 heavy (non-hydrogen) atoms. The van der Waals surface area contributed by atoms with Gasteiger partial charge < -0.3 is 4.57 Å². The van der Waals surface area contributed by atoms with Crippen LogP contribution in [0.2, 0.25) is 10.0 Å². The van der Waals surface area contributed by atoms with Crippen molar-refractivity contribution in [2.24, 2.45) is 0 Å². The Kier molecular flexibility index (Phi) is 6.96. The Balaban J connectivity index is 1.90. The second-order valence-electron chi connectivity index (χ2n) is 7.53. The van der Waals surface area contributed by atoms with Crippen LogP contribution >= 0.6 is 30.3 Å². The number of carbonyl (C=O) groups is 1. The highest BCUT2D eigenvalue weighted by Gasteiger charge is 2.39. The lowest BCUT2D eigenvalue weighted by molar-refractivity contribution is 0.0981. The summed E-state index contributed by atoms with van der Waals surface area (Å²) in [7, 11) is -3.31. The van der Waals surface area contributed by atoms with Gasteiger partial charge in [0.1, 0.15) is 0 Å². The lowest BCUT2D eigenvalue weighted by Gasteiger charge is -2.29. The molecule has 0 aliphatic carbocycles. The van der Waals surface area contributed by atoms with E-state index in [1.54, 1.807) is 60.7 Å². The van der Waals surface area contributed by atoms with Crippen LogP contribution in [-0.4, -0.2) is 5.78 Å². The number of benzene rings is 4. The largest absolute Gasteiger partial charge is 0.313 e. The summed E-state index contributed by atoms with van der Waals surface area (Å²) in [6, 6.07) is 32.8. The summed E-state index contributed by atoms with van der Waals surface area (Å²) < 4.78 is 15.1. The molecule has 4 aromatic rings. The molecule has 1 atom stereocenters. The molecule has 160 valence electrons. The van der Waals surface area contributed by atoms with Gasteiger partial charge >= 0.3 is 0 Å². The van der Waals surface area contributed by atoms with E-state index in [1.165, 1.54) is 0 Å². The molecule has 0 radical (unpaired) electrons. The molecule has 5 heteroatoms. The van der Waals surface area contributed by atoms with Crippen molar-refractivity contribution in [2.45, 2.75) is 12.1 Å². The normalized spacial score (nSPS) is 12.3. The van der Waals surface area contributed by atoms with Gasteiger partial charge in [0.2, 0.25) is 0 Å². The van der Waals surface area contributed by atoms with Crippen molar-refractivity contribution in [3.05, 3.63) is 130 Å². The highest BCUT2D eigenvalue weighted by atomic mass is 35.5. The molecule has 0 N–H and O–H groups in total. The van der Waals surface area contributed by atoms with Crippen molar-refractivity contribution in [1.29, 1.82) is 0 Å². The molecule has 0 bridgehead atoms. The minimum Gasteiger partial charge on any atom is -0.313 e. The maximum atomic E-state index is 15.1. The molecule has 0 spiro atoms.